The first-order valence-corrected chi connectivity index (χ1v) is 10.3. The number of halogens is 2. The zero-order valence-corrected chi connectivity index (χ0v) is 13.3. The summed E-state index contributed by atoms with van der Waals surface area (Å²) in [6, 6.07) is 0. The summed E-state index contributed by atoms with van der Waals surface area (Å²) < 4.78 is 10.8. The van der Waals surface area contributed by atoms with Crippen molar-refractivity contribution >= 4 is 31.3 Å². The number of nitriles is 1. The van der Waals surface area contributed by atoms with Crippen LogP contribution in [0.15, 0.2) is 0 Å². The van der Waals surface area contributed by atoms with Crippen LogP contribution in [0, 0.1) is 11.0 Å². The highest BCUT2D eigenvalue weighted by atomic mass is 35.5. The Morgan fingerprint density at radius 1 is 1.12 bits per heavy atom. The van der Waals surface area contributed by atoms with Crippen LogP contribution in [-0.2, 0) is 9.47 Å². The Morgan fingerprint density at radius 2 is 1.47 bits per heavy atom. The van der Waals surface area contributed by atoms with Crippen LogP contribution in [0.3, 0.4) is 0 Å². The van der Waals surface area contributed by atoms with Crippen LogP contribution >= 0.6 is 23.2 Å². The molecule has 100 valence electrons. The highest BCUT2D eigenvalue weighted by molar-refractivity contribution is 6.83. The molecule has 0 spiro atoms. The van der Waals surface area contributed by atoms with Crippen molar-refractivity contribution in [3.05, 3.63) is 0 Å². The fourth-order valence-electron chi connectivity index (χ4n) is 0.882. The van der Waals surface area contributed by atoms with Crippen LogP contribution in [0.5, 0.6) is 0 Å². The Hall–Kier alpha value is 0.207. The second kappa shape index (κ2) is 8.33. The predicted molar refractivity (Wildman–Crippen MR) is 74.3 cm³/mol. The monoisotopic (exact) mass is 297 g/mol. The minimum absolute atomic E-state index is 0.316. The van der Waals surface area contributed by atoms with Gasteiger partial charge in [0.15, 0.2) is 13.9 Å². The number of alkyl halides is 2. The summed E-state index contributed by atoms with van der Waals surface area (Å²) in [5.74, 6) is 0.724. The van der Waals surface area contributed by atoms with E-state index in [-0.39, 0.29) is 5.79 Å². The predicted octanol–water partition coefficient (Wildman–Crippen LogP) is 3.37. The summed E-state index contributed by atoms with van der Waals surface area (Å²) >= 11 is 10.9. The Morgan fingerprint density at radius 3 is 1.65 bits per heavy atom. The maximum atomic E-state index is 8.21. The fraction of sp³-hybridized carbons (Fsp3) is 0.909. The lowest BCUT2D eigenvalue weighted by molar-refractivity contribution is -0.159. The van der Waals surface area contributed by atoms with E-state index in [1.54, 1.807) is 0 Å². The van der Waals surface area contributed by atoms with Crippen molar-refractivity contribution in [3.8, 4) is 5.69 Å². The second-order valence-corrected chi connectivity index (χ2v) is 10.3. The summed E-state index contributed by atoms with van der Waals surface area (Å²) in [7, 11) is -1.33. The van der Waals surface area contributed by atoms with E-state index >= 15 is 0 Å². The molecule has 1 saturated carbocycles. The van der Waals surface area contributed by atoms with Crippen molar-refractivity contribution < 1.29 is 9.47 Å². The summed E-state index contributed by atoms with van der Waals surface area (Å²) in [5, 5.41) is 8.21. The smallest absolute Gasteiger partial charge is 0.168 e. The standard InChI is InChI=1S/C7H12Cl2O2.C4H9NSi/c8-3-5-10-7(1-2-7)11-6-4-9;1-6(2,3)4-5/h1-6H2;1-3H3. The zero-order chi connectivity index (χ0) is 13.4. The second-order valence-electron chi connectivity index (χ2n) is 4.85. The van der Waals surface area contributed by atoms with Gasteiger partial charge in [0, 0.05) is 30.3 Å². The Kier molecular flexibility index (Phi) is 8.43. The molecular formula is C11H21Cl2NO2Si. The average molecular weight is 298 g/mol. The molecule has 0 saturated heterocycles. The Bertz CT molecular complexity index is 237. The van der Waals surface area contributed by atoms with E-state index in [9.17, 15) is 0 Å². The van der Waals surface area contributed by atoms with Crippen LogP contribution < -0.4 is 0 Å². The van der Waals surface area contributed by atoms with Gasteiger partial charge in [-0.3, -0.25) is 0 Å². The van der Waals surface area contributed by atoms with E-state index in [0.717, 1.165) is 12.8 Å². The van der Waals surface area contributed by atoms with E-state index in [1.165, 1.54) is 0 Å². The minimum atomic E-state index is -1.33. The van der Waals surface area contributed by atoms with Gasteiger partial charge >= 0.3 is 0 Å². The van der Waals surface area contributed by atoms with Crippen molar-refractivity contribution in [3.63, 3.8) is 0 Å². The molecule has 0 aromatic carbocycles. The molecule has 0 unspecified atom stereocenters. The van der Waals surface area contributed by atoms with Gasteiger partial charge in [-0.1, -0.05) is 19.6 Å². The number of ether oxygens (including phenoxy) is 2. The van der Waals surface area contributed by atoms with Gasteiger partial charge < -0.3 is 9.47 Å². The van der Waals surface area contributed by atoms with Crippen LogP contribution in [0.4, 0.5) is 0 Å². The molecule has 0 aromatic rings. The van der Waals surface area contributed by atoms with Crippen LogP contribution in [0.2, 0.25) is 19.6 Å². The maximum absolute atomic E-state index is 8.21. The molecule has 0 amide bonds. The van der Waals surface area contributed by atoms with Crippen LogP contribution in [-0.4, -0.2) is 38.8 Å². The molecule has 17 heavy (non-hydrogen) atoms. The van der Waals surface area contributed by atoms with Gasteiger partial charge in [-0.15, -0.1) is 23.2 Å². The van der Waals surface area contributed by atoms with Crippen LogP contribution in [0.25, 0.3) is 0 Å². The topological polar surface area (TPSA) is 42.2 Å². The van der Waals surface area contributed by atoms with Crippen molar-refractivity contribution in [2.45, 2.75) is 38.3 Å². The molecule has 0 heterocycles. The molecule has 0 bridgehead atoms. The van der Waals surface area contributed by atoms with Gasteiger partial charge in [0.2, 0.25) is 0 Å². The molecule has 1 rings (SSSR count). The molecule has 0 N–H and O–H groups in total. The summed E-state index contributed by atoms with van der Waals surface area (Å²) in [4.78, 5) is 0. The molecule has 3 nitrogen and oxygen atoms in total. The molecule has 1 fully saturated rings. The average Bonchev–Trinajstić information content (AvgIpc) is 3.04. The van der Waals surface area contributed by atoms with Crippen LogP contribution in [0.1, 0.15) is 12.8 Å². The lowest BCUT2D eigenvalue weighted by Gasteiger charge is -2.15. The molecule has 0 aliphatic heterocycles. The van der Waals surface area contributed by atoms with Crippen molar-refractivity contribution in [2.24, 2.45) is 0 Å². The molecule has 1 aliphatic carbocycles. The normalized spacial score (nSPS) is 16.7. The van der Waals surface area contributed by atoms with E-state index in [0.29, 0.717) is 25.0 Å². The Balaban J connectivity index is 0.000000366. The molecule has 6 heteroatoms. The van der Waals surface area contributed by atoms with E-state index in [4.69, 9.17) is 37.9 Å². The lowest BCUT2D eigenvalue weighted by Crippen LogP contribution is -2.21. The van der Waals surface area contributed by atoms with Gasteiger partial charge in [0.1, 0.15) is 0 Å². The van der Waals surface area contributed by atoms with Gasteiger partial charge in [-0.25, -0.2) is 5.26 Å². The highest BCUT2D eigenvalue weighted by Crippen LogP contribution is 2.40. The molecule has 1 aliphatic rings. The number of hydrogen-bond donors (Lipinski definition) is 0. The maximum Gasteiger partial charge on any atom is 0.168 e. The quantitative estimate of drug-likeness (QED) is 0.429. The van der Waals surface area contributed by atoms with Gasteiger partial charge in [-0.2, -0.15) is 0 Å². The first-order valence-electron chi connectivity index (χ1n) is 5.70. The third kappa shape index (κ3) is 9.87. The SMILES string of the molecule is C[Si](C)(C)C#N.ClCCOC1(OCCCl)CC1. The Labute approximate surface area is 115 Å². The molecule has 0 atom stereocenters. The zero-order valence-electron chi connectivity index (χ0n) is 10.8. The van der Waals surface area contributed by atoms with E-state index < -0.39 is 8.07 Å². The van der Waals surface area contributed by atoms with E-state index in [2.05, 4.69) is 5.69 Å². The van der Waals surface area contributed by atoms with Crippen molar-refractivity contribution in [1.29, 1.82) is 5.26 Å². The molecule has 0 aromatic heterocycles. The summed E-state index contributed by atoms with van der Waals surface area (Å²) in [5.41, 5.74) is 2.24. The van der Waals surface area contributed by atoms with E-state index in [1.807, 2.05) is 19.6 Å². The lowest BCUT2D eigenvalue weighted by atomic mass is 10.6. The third-order valence-electron chi connectivity index (χ3n) is 1.88. The molecular weight excluding hydrogens is 277 g/mol. The van der Waals surface area contributed by atoms with Gasteiger partial charge in [0.05, 0.1) is 13.2 Å². The highest BCUT2D eigenvalue weighted by Gasteiger charge is 2.45. The first-order chi connectivity index (χ1) is 7.89. The largest absolute Gasteiger partial charge is 0.349 e. The summed E-state index contributed by atoms with van der Waals surface area (Å²) in [6.45, 7) is 7.18. The van der Waals surface area contributed by atoms with Crippen molar-refractivity contribution in [1.82, 2.24) is 0 Å². The summed E-state index contributed by atoms with van der Waals surface area (Å²) in [6.07, 6.45) is 1.95. The minimum Gasteiger partial charge on any atom is -0.349 e. The number of hydrogen-bond acceptors (Lipinski definition) is 3. The molecule has 0 radical (unpaired) electrons. The first kappa shape index (κ1) is 17.2. The fourth-order valence-corrected chi connectivity index (χ4v) is 1.04. The van der Waals surface area contributed by atoms with Crippen molar-refractivity contribution in [2.75, 3.05) is 25.0 Å². The number of rotatable bonds is 6. The number of nitrogens with zero attached hydrogens (tertiary/aromatic N) is 1. The van der Waals surface area contributed by atoms with Gasteiger partial charge in [-0.05, 0) is 0 Å². The third-order valence-corrected chi connectivity index (χ3v) is 2.86. The van der Waals surface area contributed by atoms with Gasteiger partial charge in [0.25, 0.3) is 0 Å².